The van der Waals surface area contributed by atoms with Crippen molar-refractivity contribution in [1.29, 1.82) is 0 Å². The number of carbonyl (C=O) groups excluding carboxylic acids is 1. The maximum absolute atomic E-state index is 11.9. The number of hydrogen-bond donors (Lipinski definition) is 1. The standard InChI is InChI=1S/C21H26N2O/c1-17(24)14-21(19-10-6-3-7-11-19)23-13-12-22-16-20(23)15-18-8-4-2-5-9-18/h2-11,20-22H,12-16H2,1H3/t20?,21-/m1/s1. The first kappa shape index (κ1) is 16.9. The van der Waals surface area contributed by atoms with Gasteiger partial charge in [-0.3, -0.25) is 9.69 Å². The Bertz CT molecular complexity index is 641. The molecule has 3 rings (SSSR count). The lowest BCUT2D eigenvalue weighted by Gasteiger charge is -2.42. The highest BCUT2D eigenvalue weighted by atomic mass is 16.1. The number of carbonyl (C=O) groups is 1. The van der Waals surface area contributed by atoms with E-state index in [9.17, 15) is 4.79 Å². The van der Waals surface area contributed by atoms with E-state index in [-0.39, 0.29) is 11.8 Å². The molecule has 24 heavy (non-hydrogen) atoms. The van der Waals surface area contributed by atoms with Gasteiger partial charge in [0.2, 0.25) is 0 Å². The van der Waals surface area contributed by atoms with E-state index in [1.165, 1.54) is 11.1 Å². The van der Waals surface area contributed by atoms with Gasteiger partial charge in [-0.2, -0.15) is 0 Å². The van der Waals surface area contributed by atoms with Gasteiger partial charge in [-0.1, -0.05) is 60.7 Å². The van der Waals surface area contributed by atoms with Crippen molar-refractivity contribution in [3.8, 4) is 0 Å². The summed E-state index contributed by atoms with van der Waals surface area (Å²) in [6.07, 6.45) is 1.59. The number of ketones is 1. The number of benzene rings is 2. The average molecular weight is 322 g/mol. The van der Waals surface area contributed by atoms with Crippen molar-refractivity contribution in [3.05, 3.63) is 71.8 Å². The third-order valence-corrected chi connectivity index (χ3v) is 4.78. The van der Waals surface area contributed by atoms with E-state index < -0.39 is 0 Å². The molecule has 3 nitrogen and oxygen atoms in total. The van der Waals surface area contributed by atoms with Crippen LogP contribution in [0.2, 0.25) is 0 Å². The Hall–Kier alpha value is -1.97. The second kappa shape index (κ2) is 8.22. The molecule has 0 radical (unpaired) electrons. The van der Waals surface area contributed by atoms with E-state index in [4.69, 9.17) is 0 Å². The summed E-state index contributed by atoms with van der Waals surface area (Å²) in [6.45, 7) is 4.62. The molecule has 2 aromatic rings. The zero-order valence-electron chi connectivity index (χ0n) is 14.3. The van der Waals surface area contributed by atoms with Crippen molar-refractivity contribution in [2.24, 2.45) is 0 Å². The van der Waals surface area contributed by atoms with E-state index in [0.29, 0.717) is 12.5 Å². The number of hydrogen-bond acceptors (Lipinski definition) is 3. The minimum Gasteiger partial charge on any atom is -0.314 e. The predicted molar refractivity (Wildman–Crippen MR) is 98.0 cm³/mol. The fourth-order valence-electron chi connectivity index (χ4n) is 3.64. The van der Waals surface area contributed by atoms with Gasteiger partial charge in [0.1, 0.15) is 5.78 Å². The first-order valence-electron chi connectivity index (χ1n) is 8.79. The van der Waals surface area contributed by atoms with Gasteiger partial charge in [0.05, 0.1) is 0 Å². The molecule has 0 aromatic heterocycles. The molecule has 1 aliphatic heterocycles. The Morgan fingerprint density at radius 1 is 1.12 bits per heavy atom. The van der Waals surface area contributed by atoms with Crippen LogP contribution in [0, 0.1) is 0 Å². The summed E-state index contributed by atoms with van der Waals surface area (Å²) in [7, 11) is 0. The second-order valence-corrected chi connectivity index (χ2v) is 6.62. The van der Waals surface area contributed by atoms with Gasteiger partial charge in [0, 0.05) is 38.1 Å². The molecule has 0 amide bonds. The SMILES string of the molecule is CC(=O)C[C@H](c1ccccc1)N1CCNCC1Cc1ccccc1. The molecule has 1 heterocycles. The third-order valence-electron chi connectivity index (χ3n) is 4.78. The van der Waals surface area contributed by atoms with Crippen LogP contribution in [0.15, 0.2) is 60.7 Å². The van der Waals surface area contributed by atoms with Crippen molar-refractivity contribution >= 4 is 5.78 Å². The minimum atomic E-state index is 0.166. The fourth-order valence-corrected chi connectivity index (χ4v) is 3.64. The summed E-state index contributed by atoms with van der Waals surface area (Å²) >= 11 is 0. The molecular weight excluding hydrogens is 296 g/mol. The van der Waals surface area contributed by atoms with Crippen LogP contribution in [0.4, 0.5) is 0 Å². The van der Waals surface area contributed by atoms with E-state index >= 15 is 0 Å². The normalized spacial score (nSPS) is 19.8. The summed E-state index contributed by atoms with van der Waals surface area (Å²) in [6, 6.07) is 21.7. The first-order chi connectivity index (χ1) is 11.7. The molecule has 0 bridgehead atoms. The summed E-state index contributed by atoms with van der Waals surface area (Å²) in [5.41, 5.74) is 2.60. The van der Waals surface area contributed by atoms with Crippen LogP contribution < -0.4 is 5.32 Å². The summed E-state index contributed by atoms with van der Waals surface area (Å²) in [5, 5.41) is 3.52. The topological polar surface area (TPSA) is 32.3 Å². The molecule has 1 fully saturated rings. The van der Waals surface area contributed by atoms with Crippen LogP contribution in [0.1, 0.15) is 30.5 Å². The molecule has 126 valence electrons. The second-order valence-electron chi connectivity index (χ2n) is 6.62. The van der Waals surface area contributed by atoms with Gasteiger partial charge < -0.3 is 5.32 Å². The molecule has 1 N–H and O–H groups in total. The summed E-state index contributed by atoms with van der Waals surface area (Å²) in [5.74, 6) is 0.251. The largest absolute Gasteiger partial charge is 0.314 e. The van der Waals surface area contributed by atoms with Crippen LogP contribution >= 0.6 is 0 Å². The molecule has 0 saturated carbocycles. The van der Waals surface area contributed by atoms with Crippen LogP contribution in [0.3, 0.4) is 0 Å². The van der Waals surface area contributed by atoms with Gasteiger partial charge in [-0.15, -0.1) is 0 Å². The molecular formula is C21H26N2O. The third kappa shape index (κ3) is 4.31. The highest BCUT2D eigenvalue weighted by Gasteiger charge is 2.30. The number of nitrogens with one attached hydrogen (secondary N) is 1. The van der Waals surface area contributed by atoms with Crippen molar-refractivity contribution in [3.63, 3.8) is 0 Å². The maximum Gasteiger partial charge on any atom is 0.131 e. The Morgan fingerprint density at radius 2 is 1.79 bits per heavy atom. The number of piperazine rings is 1. The van der Waals surface area contributed by atoms with Crippen molar-refractivity contribution in [2.45, 2.75) is 31.8 Å². The van der Waals surface area contributed by atoms with E-state index in [0.717, 1.165) is 26.1 Å². The molecule has 1 unspecified atom stereocenters. The van der Waals surface area contributed by atoms with Crippen LogP contribution in [-0.4, -0.2) is 36.4 Å². The molecule has 1 aliphatic rings. The molecule has 2 aromatic carbocycles. The Kier molecular flexibility index (Phi) is 5.78. The van der Waals surface area contributed by atoms with Gasteiger partial charge in [0.15, 0.2) is 0 Å². The van der Waals surface area contributed by atoms with E-state index in [2.05, 4.69) is 64.8 Å². The molecule has 0 spiro atoms. The minimum absolute atomic E-state index is 0.166. The van der Waals surface area contributed by atoms with Crippen LogP contribution in [0.5, 0.6) is 0 Å². The Balaban J connectivity index is 1.84. The monoisotopic (exact) mass is 322 g/mol. The summed E-state index contributed by atoms with van der Waals surface area (Å²) in [4.78, 5) is 14.4. The van der Waals surface area contributed by atoms with Gasteiger partial charge in [-0.05, 0) is 24.5 Å². The molecule has 2 atom stereocenters. The van der Waals surface area contributed by atoms with Gasteiger partial charge in [-0.25, -0.2) is 0 Å². The zero-order valence-corrected chi connectivity index (χ0v) is 14.3. The van der Waals surface area contributed by atoms with Gasteiger partial charge >= 0.3 is 0 Å². The Morgan fingerprint density at radius 3 is 2.46 bits per heavy atom. The lowest BCUT2D eigenvalue weighted by atomic mass is 9.95. The van der Waals surface area contributed by atoms with Crippen molar-refractivity contribution in [1.82, 2.24) is 10.2 Å². The van der Waals surface area contributed by atoms with Gasteiger partial charge in [0.25, 0.3) is 0 Å². The van der Waals surface area contributed by atoms with Crippen LogP contribution in [-0.2, 0) is 11.2 Å². The van der Waals surface area contributed by atoms with Crippen LogP contribution in [0.25, 0.3) is 0 Å². The average Bonchev–Trinajstić information content (AvgIpc) is 2.62. The lowest BCUT2D eigenvalue weighted by Crippen LogP contribution is -2.53. The zero-order chi connectivity index (χ0) is 16.8. The smallest absolute Gasteiger partial charge is 0.131 e. The highest BCUT2D eigenvalue weighted by molar-refractivity contribution is 5.76. The van der Waals surface area contributed by atoms with Crippen molar-refractivity contribution < 1.29 is 4.79 Å². The quantitative estimate of drug-likeness (QED) is 0.886. The highest BCUT2D eigenvalue weighted by Crippen LogP contribution is 2.28. The number of rotatable bonds is 6. The van der Waals surface area contributed by atoms with Crippen molar-refractivity contribution in [2.75, 3.05) is 19.6 Å². The lowest BCUT2D eigenvalue weighted by molar-refractivity contribution is -0.118. The Labute approximate surface area is 144 Å². The summed E-state index contributed by atoms with van der Waals surface area (Å²) < 4.78 is 0. The first-order valence-corrected chi connectivity index (χ1v) is 8.79. The van der Waals surface area contributed by atoms with E-state index in [1.54, 1.807) is 6.92 Å². The molecule has 0 aliphatic carbocycles. The maximum atomic E-state index is 11.9. The number of Topliss-reactive ketones (excluding diaryl/α,β-unsaturated/α-hetero) is 1. The predicted octanol–water partition coefficient (Wildman–Crippen LogP) is 3.22. The molecule has 3 heteroatoms. The van der Waals surface area contributed by atoms with E-state index in [1.807, 2.05) is 6.07 Å². The fraction of sp³-hybridized carbons (Fsp3) is 0.381. The molecule has 1 saturated heterocycles. The number of nitrogens with zero attached hydrogens (tertiary/aromatic N) is 1.